The molecule has 288 valence electrons. The molecule has 6 heterocycles. The largest absolute Gasteiger partial charge is 0.468 e. The van der Waals surface area contributed by atoms with Crippen LogP contribution in [-0.4, -0.2) is 97.6 Å². The maximum absolute atomic E-state index is 16.0. The van der Waals surface area contributed by atoms with Gasteiger partial charge in [-0.15, -0.1) is 14.8 Å². The number of carbonyl (C=O) groups is 5. The third-order valence-corrected chi connectivity index (χ3v) is 10.4. The number of hydrogen-bond acceptors (Lipinski definition) is 10. The average molecular weight is 757 g/mol. The number of carbonyl (C=O) groups excluding carboxylic acids is 5. The Hall–Kier alpha value is -6.04. The fourth-order valence-electron chi connectivity index (χ4n) is 7.58. The van der Waals surface area contributed by atoms with Crippen LogP contribution in [0.4, 0.5) is 4.39 Å². The number of unbranched alkanes of at least 4 members (excludes halogenated alkanes) is 1. The summed E-state index contributed by atoms with van der Waals surface area (Å²) in [5, 5.41) is 27.3. The van der Waals surface area contributed by atoms with Gasteiger partial charge in [0, 0.05) is 61.5 Å². The fourth-order valence-corrected chi connectivity index (χ4v) is 7.58. The molecule has 8 rings (SSSR count). The van der Waals surface area contributed by atoms with E-state index in [4.69, 9.17) is 5.10 Å². The Kier molecular flexibility index (Phi) is 10.7. The molecule has 3 N–H and O–H groups in total. The van der Waals surface area contributed by atoms with Gasteiger partial charge < -0.3 is 20.7 Å². The highest BCUT2D eigenvalue weighted by Gasteiger charge is 2.46. The number of quaternary nitrogens is 1. The van der Waals surface area contributed by atoms with E-state index in [9.17, 15) is 24.0 Å². The van der Waals surface area contributed by atoms with E-state index < -0.39 is 11.8 Å². The van der Waals surface area contributed by atoms with Crippen molar-refractivity contribution in [1.29, 1.82) is 0 Å². The van der Waals surface area contributed by atoms with Crippen LogP contribution in [0.1, 0.15) is 62.8 Å². The number of ether oxygens (including phenoxy) is 1. The molecule has 3 aromatic heterocycles. The third-order valence-electron chi connectivity index (χ3n) is 10.4. The number of piperidine rings is 1. The van der Waals surface area contributed by atoms with Gasteiger partial charge in [-0.1, -0.05) is 22.1 Å². The molecule has 55 heavy (non-hydrogen) atoms. The lowest BCUT2D eigenvalue weighted by Crippen LogP contribution is -2.65. The molecular formula is C37H43FN11O6+. The molecule has 0 radical (unpaired) electrons. The Bertz CT molecular complexity index is 2290. The molecule has 1 fully saturated rings. The van der Waals surface area contributed by atoms with E-state index in [0.717, 1.165) is 17.5 Å². The summed E-state index contributed by atoms with van der Waals surface area (Å²) in [5.74, 6) is -1.86. The highest BCUT2D eigenvalue weighted by Crippen LogP contribution is 2.42. The number of amides is 4. The van der Waals surface area contributed by atoms with Crippen molar-refractivity contribution in [3.8, 4) is 11.1 Å². The summed E-state index contributed by atoms with van der Waals surface area (Å²) in [6.07, 6.45) is 5.66. The molecule has 5 aromatic rings. The molecule has 0 atom stereocenters. The zero-order valence-electron chi connectivity index (χ0n) is 30.7. The predicted octanol–water partition coefficient (Wildman–Crippen LogP) is 1.94. The summed E-state index contributed by atoms with van der Waals surface area (Å²) < 4.78 is 23.5. The van der Waals surface area contributed by atoms with Crippen molar-refractivity contribution < 1.29 is 33.1 Å². The molecule has 3 aliphatic heterocycles. The van der Waals surface area contributed by atoms with Gasteiger partial charge in [-0.05, 0) is 36.6 Å². The number of fused-ring (bicyclic) bond motifs is 2. The number of benzene rings is 2. The quantitative estimate of drug-likeness (QED) is 0.0856. The lowest BCUT2D eigenvalue weighted by atomic mass is 9.88. The standard InChI is InChI=1S/C37H42FN11O6/c1-23(50)39-12-3-4-13-40-32(51)8-9-34(53)49-14-10-24(11-15-49)37-36-27(28-17-31-25(16-29(28)38)18-42-48(31)49)6-5-7-30(36)47(44-37)21-33(52)41-19-26-20-46(45-43-26)22-35(54)55-2/h5-7,16-18,20,24H,3-4,8-15,19,21-22H2,1-2H3,(H2-,39,40,41,50,51,52)/p+1. The van der Waals surface area contributed by atoms with Crippen LogP contribution >= 0.6 is 0 Å². The number of methoxy groups -OCH3 is 1. The lowest BCUT2D eigenvalue weighted by Gasteiger charge is -2.39. The number of halogens is 1. The number of esters is 1. The normalized spacial score (nSPS) is 17.3. The van der Waals surface area contributed by atoms with Gasteiger partial charge in [-0.25, -0.2) is 13.9 Å². The van der Waals surface area contributed by atoms with Crippen LogP contribution in [0.5, 0.6) is 0 Å². The fraction of sp³-hybridized carbons (Fsp3) is 0.432. The minimum absolute atomic E-state index is 0.00635. The van der Waals surface area contributed by atoms with E-state index in [-0.39, 0.29) is 66.6 Å². The second kappa shape index (κ2) is 15.7. The number of hydrogen-bond donors (Lipinski definition) is 3. The molecule has 4 bridgehead atoms. The second-order valence-corrected chi connectivity index (χ2v) is 14.0. The molecule has 0 saturated carbocycles. The molecule has 2 aromatic carbocycles. The zero-order chi connectivity index (χ0) is 38.7. The SMILES string of the molecule is COC(=O)Cn1cc(CNC(=O)Cn2nc3c4c(cccc42)-c2cc4c(cnn4[N+]4(C(=O)CCC(=O)NCCCCNC(C)=O)CCC3CC4)cc2F)nn1. The van der Waals surface area contributed by atoms with Crippen molar-refractivity contribution in [3.05, 3.63) is 59.9 Å². The van der Waals surface area contributed by atoms with Crippen LogP contribution in [0.3, 0.4) is 0 Å². The Morgan fingerprint density at radius 2 is 1.73 bits per heavy atom. The van der Waals surface area contributed by atoms with Crippen molar-refractivity contribution in [2.45, 2.75) is 71.0 Å². The minimum Gasteiger partial charge on any atom is -0.468 e. The Morgan fingerprint density at radius 1 is 0.945 bits per heavy atom. The smallest absolute Gasteiger partial charge is 0.340 e. The van der Waals surface area contributed by atoms with Gasteiger partial charge in [-0.2, -0.15) is 5.10 Å². The van der Waals surface area contributed by atoms with Crippen LogP contribution < -0.4 is 20.5 Å². The van der Waals surface area contributed by atoms with Crippen molar-refractivity contribution in [2.24, 2.45) is 0 Å². The van der Waals surface area contributed by atoms with Gasteiger partial charge in [0.05, 0.1) is 43.7 Å². The average Bonchev–Trinajstić information content (AvgIpc) is 3.90. The lowest BCUT2D eigenvalue weighted by molar-refractivity contribution is -0.142. The Morgan fingerprint density at radius 3 is 2.49 bits per heavy atom. The maximum Gasteiger partial charge on any atom is 0.340 e. The zero-order valence-corrected chi connectivity index (χ0v) is 30.7. The Labute approximate surface area is 314 Å². The van der Waals surface area contributed by atoms with Crippen molar-refractivity contribution >= 4 is 51.4 Å². The van der Waals surface area contributed by atoms with E-state index >= 15 is 4.39 Å². The molecule has 17 nitrogen and oxygen atoms in total. The van der Waals surface area contributed by atoms with E-state index in [1.807, 2.05) is 18.2 Å². The first kappa shape index (κ1) is 37.3. The van der Waals surface area contributed by atoms with Crippen molar-refractivity contribution in [1.82, 2.24) is 55.2 Å². The summed E-state index contributed by atoms with van der Waals surface area (Å²) in [5.41, 5.74) is 3.40. The molecule has 18 heteroatoms. The van der Waals surface area contributed by atoms with Gasteiger partial charge >= 0.3 is 11.9 Å². The summed E-state index contributed by atoms with van der Waals surface area (Å²) in [6, 6.07) is 8.68. The number of nitrogens with zero attached hydrogens (tertiary/aromatic N) is 8. The number of rotatable bonds is 14. The van der Waals surface area contributed by atoms with E-state index in [1.165, 1.54) is 24.8 Å². The van der Waals surface area contributed by atoms with Crippen LogP contribution in [-0.2, 0) is 48.3 Å². The first-order valence-corrected chi connectivity index (χ1v) is 18.4. The second-order valence-electron chi connectivity index (χ2n) is 14.0. The summed E-state index contributed by atoms with van der Waals surface area (Å²) in [6.45, 7) is 3.05. The van der Waals surface area contributed by atoms with E-state index in [1.54, 1.807) is 27.9 Å². The molecule has 0 aliphatic carbocycles. The van der Waals surface area contributed by atoms with Crippen molar-refractivity contribution in [3.63, 3.8) is 0 Å². The number of nitrogens with one attached hydrogen (secondary N) is 3. The van der Waals surface area contributed by atoms with Gasteiger partial charge in [0.2, 0.25) is 17.7 Å². The molecule has 0 unspecified atom stereocenters. The van der Waals surface area contributed by atoms with E-state index in [2.05, 4.69) is 36.1 Å². The first-order valence-electron chi connectivity index (χ1n) is 18.4. The third kappa shape index (κ3) is 7.67. The summed E-state index contributed by atoms with van der Waals surface area (Å²) in [7, 11) is 1.28. The predicted molar refractivity (Wildman–Crippen MR) is 197 cm³/mol. The molecule has 1 saturated heterocycles. The van der Waals surface area contributed by atoms with Gasteiger partial charge in [0.1, 0.15) is 43.2 Å². The van der Waals surface area contributed by atoms with Gasteiger partial charge in [0.25, 0.3) is 0 Å². The molecule has 0 spiro atoms. The van der Waals surface area contributed by atoms with E-state index in [0.29, 0.717) is 78.7 Å². The summed E-state index contributed by atoms with van der Waals surface area (Å²) in [4.78, 5) is 64.7. The minimum atomic E-state index is -0.476. The van der Waals surface area contributed by atoms with Gasteiger partial charge in [0.15, 0.2) is 0 Å². The van der Waals surface area contributed by atoms with Crippen LogP contribution in [0.2, 0.25) is 0 Å². The highest BCUT2D eigenvalue weighted by molar-refractivity contribution is 6.00. The van der Waals surface area contributed by atoms with Crippen LogP contribution in [0.25, 0.3) is 32.9 Å². The highest BCUT2D eigenvalue weighted by atomic mass is 19.1. The van der Waals surface area contributed by atoms with Crippen molar-refractivity contribution in [2.75, 3.05) is 33.3 Å². The number of aromatic nitrogens is 7. The molecule has 3 aliphatic rings. The van der Waals surface area contributed by atoms with Gasteiger partial charge in [-0.3, -0.25) is 23.9 Å². The first-order chi connectivity index (χ1) is 26.6. The Balaban J connectivity index is 1.13. The van der Waals surface area contributed by atoms with Crippen LogP contribution in [0, 0.1) is 5.82 Å². The topological polar surface area (TPSA) is 197 Å². The molecular weight excluding hydrogens is 713 g/mol. The van der Waals surface area contributed by atoms with Crippen LogP contribution in [0.15, 0.2) is 42.7 Å². The maximum atomic E-state index is 16.0. The molecule has 4 amide bonds. The monoisotopic (exact) mass is 756 g/mol. The summed E-state index contributed by atoms with van der Waals surface area (Å²) >= 11 is 0.